The molecule has 0 spiro atoms. The number of piperazine rings is 1. The van der Waals surface area contributed by atoms with Crippen LogP contribution >= 0.6 is 0 Å². The summed E-state index contributed by atoms with van der Waals surface area (Å²) in [5, 5.41) is 6.73. The molecule has 1 aromatic heterocycles. The summed E-state index contributed by atoms with van der Waals surface area (Å²) in [4.78, 5) is 14.0. The van der Waals surface area contributed by atoms with Crippen molar-refractivity contribution in [1.82, 2.24) is 20.5 Å². The maximum Gasteiger partial charge on any atom is 0.191 e. The maximum atomic E-state index is 4.72. The summed E-state index contributed by atoms with van der Waals surface area (Å²) < 4.78 is 0. The second kappa shape index (κ2) is 10.2. The van der Waals surface area contributed by atoms with Gasteiger partial charge >= 0.3 is 0 Å². The smallest absolute Gasteiger partial charge is 0.191 e. The first kappa shape index (κ1) is 19.5. The van der Waals surface area contributed by atoms with Crippen LogP contribution in [0.25, 0.3) is 0 Å². The van der Waals surface area contributed by atoms with Gasteiger partial charge in [-0.05, 0) is 44.0 Å². The second-order valence-corrected chi connectivity index (χ2v) is 7.12. The number of likely N-dealkylation sites (N-methyl/N-ethyl adjacent to an activating group) is 1. The number of nitrogens with zero attached hydrogens (tertiary/aromatic N) is 4. The van der Waals surface area contributed by atoms with E-state index in [9.17, 15) is 0 Å². The van der Waals surface area contributed by atoms with Gasteiger partial charge in [-0.2, -0.15) is 0 Å². The average molecular weight is 347 g/mol. The number of aliphatic imine (C=N–C) groups is 1. The van der Waals surface area contributed by atoms with Crippen molar-refractivity contribution in [2.24, 2.45) is 10.9 Å². The number of hydrogen-bond donors (Lipinski definition) is 2. The summed E-state index contributed by atoms with van der Waals surface area (Å²) in [5.41, 5.74) is 1.20. The van der Waals surface area contributed by atoms with Crippen LogP contribution in [0.4, 0.5) is 5.82 Å². The predicted molar refractivity (Wildman–Crippen MR) is 106 cm³/mol. The third-order valence-corrected chi connectivity index (χ3v) is 4.42. The van der Waals surface area contributed by atoms with Crippen molar-refractivity contribution in [2.45, 2.75) is 33.7 Å². The van der Waals surface area contributed by atoms with Gasteiger partial charge in [0.15, 0.2) is 5.96 Å². The van der Waals surface area contributed by atoms with Crippen LogP contribution in [0.5, 0.6) is 0 Å². The summed E-state index contributed by atoms with van der Waals surface area (Å²) in [6, 6.07) is 4.23. The van der Waals surface area contributed by atoms with Crippen molar-refractivity contribution in [1.29, 1.82) is 0 Å². The van der Waals surface area contributed by atoms with Crippen LogP contribution in [-0.4, -0.2) is 62.2 Å². The molecule has 0 aliphatic carbocycles. The number of hydrogen-bond acceptors (Lipinski definition) is 4. The number of pyridine rings is 1. The highest BCUT2D eigenvalue weighted by atomic mass is 15.3. The standard InChI is InChI=1S/C19H34N6/c1-5-20-19(22-8-6-16(2)3)23-15-17-7-9-21-18(14-17)25-12-10-24(4)11-13-25/h7,9,14,16H,5-6,8,10-13,15H2,1-4H3,(H2,20,22,23). The third kappa shape index (κ3) is 6.90. The molecular weight excluding hydrogens is 312 g/mol. The fourth-order valence-corrected chi connectivity index (χ4v) is 2.76. The first-order chi connectivity index (χ1) is 12.1. The van der Waals surface area contributed by atoms with Crippen molar-refractivity contribution in [2.75, 3.05) is 51.2 Å². The first-order valence-corrected chi connectivity index (χ1v) is 9.49. The van der Waals surface area contributed by atoms with E-state index in [0.717, 1.165) is 57.5 Å². The van der Waals surface area contributed by atoms with Gasteiger partial charge in [-0.1, -0.05) is 13.8 Å². The Morgan fingerprint density at radius 2 is 2.00 bits per heavy atom. The van der Waals surface area contributed by atoms with Crippen LogP contribution in [-0.2, 0) is 6.54 Å². The third-order valence-electron chi connectivity index (χ3n) is 4.42. The molecule has 6 heteroatoms. The molecule has 0 aromatic carbocycles. The Morgan fingerprint density at radius 3 is 2.68 bits per heavy atom. The average Bonchev–Trinajstić information content (AvgIpc) is 2.60. The van der Waals surface area contributed by atoms with Gasteiger partial charge in [0.2, 0.25) is 0 Å². The molecule has 6 nitrogen and oxygen atoms in total. The number of aromatic nitrogens is 1. The van der Waals surface area contributed by atoms with Gasteiger partial charge < -0.3 is 20.4 Å². The summed E-state index contributed by atoms with van der Waals surface area (Å²) in [6.45, 7) is 13.3. The number of anilines is 1. The molecule has 1 fully saturated rings. The molecule has 0 radical (unpaired) electrons. The second-order valence-electron chi connectivity index (χ2n) is 7.12. The van der Waals surface area contributed by atoms with E-state index in [4.69, 9.17) is 4.99 Å². The highest BCUT2D eigenvalue weighted by molar-refractivity contribution is 5.79. The van der Waals surface area contributed by atoms with Gasteiger partial charge in [-0.3, -0.25) is 0 Å². The topological polar surface area (TPSA) is 55.8 Å². The summed E-state index contributed by atoms with van der Waals surface area (Å²) in [5.74, 6) is 2.65. The van der Waals surface area contributed by atoms with E-state index in [1.807, 2.05) is 6.20 Å². The van der Waals surface area contributed by atoms with Crippen molar-refractivity contribution in [3.05, 3.63) is 23.9 Å². The van der Waals surface area contributed by atoms with E-state index < -0.39 is 0 Å². The molecule has 0 saturated carbocycles. The van der Waals surface area contributed by atoms with Crippen LogP contribution in [0.1, 0.15) is 32.8 Å². The van der Waals surface area contributed by atoms with Crippen molar-refractivity contribution in [3.8, 4) is 0 Å². The van der Waals surface area contributed by atoms with Crippen LogP contribution < -0.4 is 15.5 Å². The Labute approximate surface area is 152 Å². The van der Waals surface area contributed by atoms with Gasteiger partial charge in [-0.15, -0.1) is 0 Å². The maximum absolute atomic E-state index is 4.72. The van der Waals surface area contributed by atoms with Gasteiger partial charge in [0, 0.05) is 45.5 Å². The molecule has 1 aliphatic rings. The lowest BCUT2D eigenvalue weighted by Crippen LogP contribution is -2.44. The fraction of sp³-hybridized carbons (Fsp3) is 0.684. The van der Waals surface area contributed by atoms with Crippen molar-refractivity contribution < 1.29 is 0 Å². The van der Waals surface area contributed by atoms with Crippen LogP contribution in [0.2, 0.25) is 0 Å². The first-order valence-electron chi connectivity index (χ1n) is 9.49. The fourth-order valence-electron chi connectivity index (χ4n) is 2.76. The normalized spacial score (nSPS) is 16.4. The Balaban J connectivity index is 1.94. The van der Waals surface area contributed by atoms with Gasteiger partial charge in [0.1, 0.15) is 5.82 Å². The lowest BCUT2D eigenvalue weighted by molar-refractivity contribution is 0.312. The molecule has 25 heavy (non-hydrogen) atoms. The minimum absolute atomic E-state index is 0.667. The SMILES string of the molecule is CCNC(=NCc1ccnc(N2CCN(C)CC2)c1)NCCC(C)C. The lowest BCUT2D eigenvalue weighted by atomic mass is 10.1. The van der Waals surface area contributed by atoms with E-state index in [2.05, 4.69) is 65.4 Å². The molecule has 1 aliphatic heterocycles. The molecule has 1 saturated heterocycles. The van der Waals surface area contributed by atoms with Crippen LogP contribution in [0.3, 0.4) is 0 Å². The molecule has 0 amide bonds. The molecular formula is C19H34N6. The van der Waals surface area contributed by atoms with E-state index in [1.54, 1.807) is 0 Å². The van der Waals surface area contributed by atoms with Crippen molar-refractivity contribution in [3.63, 3.8) is 0 Å². The summed E-state index contributed by atoms with van der Waals surface area (Å²) in [7, 11) is 2.17. The minimum Gasteiger partial charge on any atom is -0.357 e. The zero-order chi connectivity index (χ0) is 18.1. The van der Waals surface area contributed by atoms with Gasteiger partial charge in [-0.25, -0.2) is 9.98 Å². The lowest BCUT2D eigenvalue weighted by Gasteiger charge is -2.33. The van der Waals surface area contributed by atoms with E-state index in [1.165, 1.54) is 5.56 Å². The predicted octanol–water partition coefficient (Wildman–Crippen LogP) is 1.93. The van der Waals surface area contributed by atoms with Crippen molar-refractivity contribution >= 4 is 11.8 Å². The zero-order valence-electron chi connectivity index (χ0n) is 16.3. The molecule has 0 bridgehead atoms. The summed E-state index contributed by atoms with van der Waals surface area (Å²) >= 11 is 0. The van der Waals surface area contributed by atoms with E-state index >= 15 is 0 Å². The monoisotopic (exact) mass is 346 g/mol. The summed E-state index contributed by atoms with van der Waals surface area (Å²) in [6.07, 6.45) is 3.05. The largest absolute Gasteiger partial charge is 0.357 e. The Kier molecular flexibility index (Phi) is 7.98. The van der Waals surface area contributed by atoms with E-state index in [-0.39, 0.29) is 0 Å². The molecule has 1 aromatic rings. The highest BCUT2D eigenvalue weighted by Gasteiger charge is 2.15. The van der Waals surface area contributed by atoms with Crippen LogP contribution in [0.15, 0.2) is 23.3 Å². The molecule has 2 rings (SSSR count). The minimum atomic E-state index is 0.667. The number of nitrogens with one attached hydrogen (secondary N) is 2. The number of guanidine groups is 1. The van der Waals surface area contributed by atoms with Gasteiger partial charge in [0.25, 0.3) is 0 Å². The molecule has 0 unspecified atom stereocenters. The highest BCUT2D eigenvalue weighted by Crippen LogP contribution is 2.15. The van der Waals surface area contributed by atoms with E-state index in [0.29, 0.717) is 12.5 Å². The van der Waals surface area contributed by atoms with Crippen LogP contribution in [0, 0.1) is 5.92 Å². The zero-order valence-corrected chi connectivity index (χ0v) is 16.3. The Bertz CT molecular complexity index is 534. The van der Waals surface area contributed by atoms with Gasteiger partial charge in [0.05, 0.1) is 6.54 Å². The molecule has 2 N–H and O–H groups in total. The molecule has 140 valence electrons. The number of rotatable bonds is 7. The molecule has 0 atom stereocenters. The Morgan fingerprint density at radius 1 is 1.24 bits per heavy atom. The molecule has 2 heterocycles. The Hall–Kier alpha value is -1.82. The quantitative estimate of drug-likeness (QED) is 0.584.